The smallest absolute Gasteiger partial charge is 0.277 e. The second-order valence-corrected chi connectivity index (χ2v) is 7.20. The minimum Gasteiger partial charge on any atom is -0.351 e. The van der Waals surface area contributed by atoms with Crippen LogP contribution >= 0.6 is 0 Å². The lowest BCUT2D eigenvalue weighted by Crippen LogP contribution is -2.24. The van der Waals surface area contributed by atoms with Crippen LogP contribution in [0, 0.1) is 0 Å². The Balaban J connectivity index is 1.38. The highest BCUT2D eigenvalue weighted by molar-refractivity contribution is 6.02. The molecule has 162 valence electrons. The predicted octanol–water partition coefficient (Wildman–Crippen LogP) is 3.62. The third-order valence-corrected chi connectivity index (χ3v) is 5.14. The third-order valence-electron chi connectivity index (χ3n) is 5.14. The summed E-state index contributed by atoms with van der Waals surface area (Å²) in [6, 6.07) is 16.3. The fourth-order valence-electron chi connectivity index (χ4n) is 3.70. The molecule has 0 radical (unpaired) electrons. The molecule has 0 saturated carbocycles. The first-order valence-corrected chi connectivity index (χ1v) is 10.6. The van der Waals surface area contributed by atoms with Crippen molar-refractivity contribution in [2.24, 2.45) is 0 Å². The van der Waals surface area contributed by atoms with Gasteiger partial charge >= 0.3 is 0 Å². The van der Waals surface area contributed by atoms with Gasteiger partial charge in [-0.2, -0.15) is 0 Å². The van der Waals surface area contributed by atoms with Crippen LogP contribution in [0.1, 0.15) is 29.9 Å². The molecular weight excluding hydrogens is 394 g/mol. The van der Waals surface area contributed by atoms with Gasteiger partial charge in [0.25, 0.3) is 5.91 Å². The number of carbonyl (C=O) groups is 1. The molecular formula is C23H27N5O3. The summed E-state index contributed by atoms with van der Waals surface area (Å²) in [5.41, 5.74) is 4.65. The van der Waals surface area contributed by atoms with Gasteiger partial charge < -0.3 is 19.7 Å². The molecule has 31 heavy (non-hydrogen) atoms. The van der Waals surface area contributed by atoms with Crippen LogP contribution in [-0.4, -0.2) is 46.9 Å². The first-order valence-electron chi connectivity index (χ1n) is 10.6. The summed E-state index contributed by atoms with van der Waals surface area (Å²) in [4.78, 5) is 14.9. The summed E-state index contributed by atoms with van der Waals surface area (Å²) in [7, 11) is 0. The number of carbonyl (C=O) groups excluding carboxylic acids is 1. The maximum Gasteiger partial charge on any atom is 0.277 e. The van der Waals surface area contributed by atoms with E-state index in [2.05, 4.69) is 44.8 Å². The van der Waals surface area contributed by atoms with Gasteiger partial charge in [0.05, 0.1) is 12.7 Å². The van der Waals surface area contributed by atoms with E-state index in [-0.39, 0.29) is 11.6 Å². The monoisotopic (exact) mass is 421 g/mol. The van der Waals surface area contributed by atoms with Gasteiger partial charge in [0.1, 0.15) is 0 Å². The Bertz CT molecular complexity index is 1010. The SMILES string of the molecule is CCOC(Cn1cc(C(=O)Nc2ccc(N3CCc4ccccc43)cc2)nn1)OCC. The van der Waals surface area contributed by atoms with Gasteiger partial charge in [0.15, 0.2) is 12.0 Å². The molecule has 8 nitrogen and oxygen atoms in total. The van der Waals surface area contributed by atoms with E-state index in [1.807, 2.05) is 38.1 Å². The summed E-state index contributed by atoms with van der Waals surface area (Å²) >= 11 is 0. The van der Waals surface area contributed by atoms with Crippen molar-refractivity contribution in [3.8, 4) is 0 Å². The molecule has 0 aliphatic carbocycles. The quantitative estimate of drug-likeness (QED) is 0.532. The highest BCUT2D eigenvalue weighted by Gasteiger charge is 2.20. The Hall–Kier alpha value is -3.23. The lowest BCUT2D eigenvalue weighted by atomic mass is 10.2. The zero-order valence-electron chi connectivity index (χ0n) is 17.8. The standard InChI is InChI=1S/C23H27N5O3/c1-3-30-22(31-4-2)16-27-15-20(25-26-27)23(29)24-18-9-11-19(12-10-18)28-14-13-17-7-5-6-8-21(17)28/h5-12,15,22H,3-4,13-14,16H2,1-2H3,(H,24,29). The molecule has 1 amide bonds. The van der Waals surface area contributed by atoms with Gasteiger partial charge in [0, 0.05) is 36.8 Å². The number of aromatic nitrogens is 3. The van der Waals surface area contributed by atoms with Gasteiger partial charge in [0.2, 0.25) is 0 Å². The summed E-state index contributed by atoms with van der Waals surface area (Å²) in [5.74, 6) is -0.310. The van der Waals surface area contributed by atoms with E-state index in [0.717, 1.165) is 18.7 Å². The second-order valence-electron chi connectivity index (χ2n) is 7.20. The number of para-hydroxylation sites is 1. The van der Waals surface area contributed by atoms with Crippen LogP contribution in [0.2, 0.25) is 0 Å². The van der Waals surface area contributed by atoms with Gasteiger partial charge in [-0.3, -0.25) is 4.79 Å². The van der Waals surface area contributed by atoms with E-state index in [1.54, 1.807) is 10.9 Å². The van der Waals surface area contributed by atoms with Gasteiger partial charge in [-0.25, -0.2) is 4.68 Å². The van der Waals surface area contributed by atoms with E-state index >= 15 is 0 Å². The first-order chi connectivity index (χ1) is 15.2. The van der Waals surface area contributed by atoms with Crippen LogP contribution in [0.15, 0.2) is 54.7 Å². The lowest BCUT2D eigenvalue weighted by Gasteiger charge is -2.19. The molecule has 0 bridgehead atoms. The Morgan fingerprint density at radius 3 is 2.58 bits per heavy atom. The van der Waals surface area contributed by atoms with Crippen molar-refractivity contribution in [1.82, 2.24) is 15.0 Å². The minimum atomic E-state index is -0.420. The van der Waals surface area contributed by atoms with E-state index in [4.69, 9.17) is 9.47 Å². The number of benzene rings is 2. The molecule has 8 heteroatoms. The highest BCUT2D eigenvalue weighted by Crippen LogP contribution is 2.34. The number of amides is 1. The van der Waals surface area contributed by atoms with E-state index < -0.39 is 6.29 Å². The Labute approximate surface area is 181 Å². The van der Waals surface area contributed by atoms with Gasteiger partial charge in [-0.05, 0) is 56.2 Å². The van der Waals surface area contributed by atoms with E-state index in [0.29, 0.717) is 25.4 Å². The minimum absolute atomic E-state index is 0.240. The molecule has 4 rings (SSSR count). The lowest BCUT2D eigenvalue weighted by molar-refractivity contribution is -0.145. The van der Waals surface area contributed by atoms with Crippen LogP contribution in [0.25, 0.3) is 0 Å². The molecule has 0 spiro atoms. The van der Waals surface area contributed by atoms with Crippen molar-refractivity contribution in [2.45, 2.75) is 33.1 Å². The van der Waals surface area contributed by atoms with Gasteiger partial charge in [-0.15, -0.1) is 5.10 Å². The molecule has 3 aromatic rings. The second kappa shape index (κ2) is 9.72. The van der Waals surface area contributed by atoms with Crippen molar-refractivity contribution < 1.29 is 14.3 Å². The molecule has 0 saturated heterocycles. The molecule has 0 unspecified atom stereocenters. The number of anilines is 3. The Morgan fingerprint density at radius 1 is 1.10 bits per heavy atom. The zero-order chi connectivity index (χ0) is 21.6. The number of ether oxygens (including phenoxy) is 2. The van der Waals surface area contributed by atoms with E-state index in [9.17, 15) is 4.79 Å². The molecule has 0 atom stereocenters. The van der Waals surface area contributed by atoms with Crippen molar-refractivity contribution in [3.63, 3.8) is 0 Å². The summed E-state index contributed by atoms with van der Waals surface area (Å²) in [5, 5.41) is 10.9. The zero-order valence-corrected chi connectivity index (χ0v) is 17.8. The normalized spacial score (nSPS) is 12.9. The number of rotatable bonds is 9. The average Bonchev–Trinajstić information content (AvgIpc) is 3.42. The van der Waals surface area contributed by atoms with E-state index in [1.165, 1.54) is 11.3 Å². The molecule has 1 aliphatic heterocycles. The van der Waals surface area contributed by atoms with Crippen LogP contribution in [0.3, 0.4) is 0 Å². The van der Waals surface area contributed by atoms with Crippen LogP contribution in [-0.2, 0) is 22.4 Å². The summed E-state index contributed by atoms with van der Waals surface area (Å²) in [6.45, 7) is 6.20. The predicted molar refractivity (Wildman–Crippen MR) is 119 cm³/mol. The van der Waals surface area contributed by atoms with Crippen molar-refractivity contribution in [3.05, 3.63) is 66.0 Å². The molecule has 2 aromatic carbocycles. The molecule has 1 N–H and O–H groups in total. The van der Waals surface area contributed by atoms with Gasteiger partial charge in [-0.1, -0.05) is 23.4 Å². The fourth-order valence-corrected chi connectivity index (χ4v) is 3.70. The Morgan fingerprint density at radius 2 is 1.84 bits per heavy atom. The largest absolute Gasteiger partial charge is 0.351 e. The Kier molecular flexibility index (Phi) is 6.59. The molecule has 1 aliphatic rings. The van der Waals surface area contributed by atoms with Crippen LogP contribution < -0.4 is 10.2 Å². The molecule has 2 heterocycles. The number of nitrogens with zero attached hydrogens (tertiary/aromatic N) is 4. The maximum atomic E-state index is 12.6. The molecule has 0 fully saturated rings. The number of nitrogens with one attached hydrogen (secondary N) is 1. The first kappa shape index (κ1) is 21.0. The van der Waals surface area contributed by atoms with Crippen molar-refractivity contribution >= 4 is 23.0 Å². The van der Waals surface area contributed by atoms with Crippen molar-refractivity contribution in [2.75, 3.05) is 30.0 Å². The topological polar surface area (TPSA) is 81.5 Å². The molecule has 1 aromatic heterocycles. The van der Waals surface area contributed by atoms with Crippen LogP contribution in [0.4, 0.5) is 17.1 Å². The summed E-state index contributed by atoms with van der Waals surface area (Å²) < 4.78 is 12.6. The fraction of sp³-hybridized carbons (Fsp3) is 0.348. The number of fused-ring (bicyclic) bond motifs is 1. The average molecular weight is 422 g/mol. The van der Waals surface area contributed by atoms with Crippen molar-refractivity contribution in [1.29, 1.82) is 0 Å². The highest BCUT2D eigenvalue weighted by atomic mass is 16.7. The summed E-state index contributed by atoms with van der Waals surface area (Å²) in [6.07, 6.45) is 2.21. The van der Waals surface area contributed by atoms with Crippen LogP contribution in [0.5, 0.6) is 0 Å². The third kappa shape index (κ3) is 4.92. The number of hydrogen-bond donors (Lipinski definition) is 1. The maximum absolute atomic E-state index is 12.6. The number of hydrogen-bond acceptors (Lipinski definition) is 6.